The molecule has 3 heterocycles. The average Bonchev–Trinajstić information content (AvgIpc) is 3.24. The van der Waals surface area contributed by atoms with Crippen LogP contribution in [-0.2, 0) is 5.75 Å². The third-order valence-corrected chi connectivity index (χ3v) is 4.71. The van der Waals surface area contributed by atoms with Gasteiger partial charge in [0, 0.05) is 6.07 Å². The molecule has 0 bridgehead atoms. The molecule has 1 aliphatic heterocycles. The van der Waals surface area contributed by atoms with Crippen LogP contribution in [0, 0.1) is 0 Å². The van der Waals surface area contributed by atoms with Crippen molar-refractivity contribution < 1.29 is 9.47 Å². The first-order valence-corrected chi connectivity index (χ1v) is 7.99. The number of rotatable bonds is 4. The minimum absolute atomic E-state index is 0.231. The lowest BCUT2D eigenvalue weighted by molar-refractivity contribution is 0.174. The van der Waals surface area contributed by atoms with Gasteiger partial charge in [0.25, 0.3) is 0 Å². The molecule has 0 saturated carbocycles. The summed E-state index contributed by atoms with van der Waals surface area (Å²) >= 11 is 2.80. The highest BCUT2D eigenvalue weighted by atomic mass is 32.2. The fraction of sp³-hybridized carbons (Fsp3) is 0.182. The van der Waals surface area contributed by atoms with Gasteiger partial charge in [-0.05, 0) is 22.6 Å². The Labute approximate surface area is 132 Å². The largest absolute Gasteiger partial charge is 0.454 e. The molecule has 1 aliphatic rings. The van der Waals surface area contributed by atoms with Crippen molar-refractivity contribution in [2.75, 3.05) is 12.5 Å². The number of nitrogens with two attached hydrogens (primary N) is 1. The fourth-order valence-electron chi connectivity index (χ4n) is 1.90. The summed E-state index contributed by atoms with van der Waals surface area (Å²) in [6.07, 6.45) is 0. The lowest BCUT2D eigenvalue weighted by Gasteiger charge is -2.04. The number of fused-ring (bicyclic) bond motifs is 1. The van der Waals surface area contributed by atoms with Crippen LogP contribution in [0.15, 0.2) is 23.4 Å². The normalized spacial score (nSPS) is 12.7. The van der Waals surface area contributed by atoms with Gasteiger partial charge in [-0.1, -0.05) is 23.1 Å². The Morgan fingerprint density at radius 3 is 3.00 bits per heavy atom. The highest BCUT2D eigenvalue weighted by molar-refractivity contribution is 7.98. The number of anilines is 1. The molecule has 4 rings (SSSR count). The molecule has 2 N–H and O–H groups in total. The molecule has 0 spiro atoms. The van der Waals surface area contributed by atoms with Gasteiger partial charge in [-0.2, -0.15) is 4.68 Å². The average molecular weight is 335 g/mol. The lowest BCUT2D eigenvalue weighted by atomic mass is 10.3. The van der Waals surface area contributed by atoms with E-state index in [1.54, 1.807) is 4.68 Å². The van der Waals surface area contributed by atoms with Crippen LogP contribution in [0.2, 0.25) is 0 Å². The van der Waals surface area contributed by atoms with E-state index < -0.39 is 0 Å². The van der Waals surface area contributed by atoms with E-state index >= 15 is 0 Å². The summed E-state index contributed by atoms with van der Waals surface area (Å²) in [6, 6.07) is 5.54. The summed E-state index contributed by atoms with van der Waals surface area (Å²) in [5.74, 6) is 2.00. The summed E-state index contributed by atoms with van der Waals surface area (Å²) in [5, 5.41) is 21.4. The fourth-order valence-corrected chi connectivity index (χ4v) is 3.39. The molecule has 0 amide bonds. The van der Waals surface area contributed by atoms with Gasteiger partial charge in [-0.3, -0.25) is 0 Å². The highest BCUT2D eigenvalue weighted by Gasteiger charge is 2.17. The number of ether oxygens (including phenoxy) is 2. The number of tetrazole rings is 1. The van der Waals surface area contributed by atoms with Crippen molar-refractivity contribution >= 4 is 28.2 Å². The van der Waals surface area contributed by atoms with Crippen molar-refractivity contribution in [3.8, 4) is 17.2 Å². The quantitative estimate of drug-likeness (QED) is 0.700. The SMILES string of the molecule is Nc1nnc(CSc2nnnn2-c2ccc3c(c2)OCO3)s1. The maximum Gasteiger partial charge on any atom is 0.231 e. The Morgan fingerprint density at radius 1 is 1.23 bits per heavy atom. The summed E-state index contributed by atoms with van der Waals surface area (Å²) in [5.41, 5.74) is 6.36. The molecule has 9 nitrogen and oxygen atoms in total. The molecule has 112 valence electrons. The van der Waals surface area contributed by atoms with E-state index in [1.807, 2.05) is 18.2 Å². The van der Waals surface area contributed by atoms with E-state index in [-0.39, 0.29) is 6.79 Å². The van der Waals surface area contributed by atoms with Crippen molar-refractivity contribution in [2.45, 2.75) is 10.9 Å². The zero-order valence-electron chi connectivity index (χ0n) is 11.0. The standard InChI is InChI=1S/C11H9N7O2S2/c12-10-14-13-9(22-10)4-21-11-15-16-17-18(11)6-1-2-7-8(3-6)20-5-19-7/h1-3H,4-5H2,(H2,12,14). The van der Waals surface area contributed by atoms with Gasteiger partial charge in [0.2, 0.25) is 17.1 Å². The van der Waals surface area contributed by atoms with Gasteiger partial charge >= 0.3 is 0 Å². The molecule has 1 aromatic carbocycles. The van der Waals surface area contributed by atoms with E-state index in [0.717, 1.165) is 16.4 Å². The van der Waals surface area contributed by atoms with Crippen molar-refractivity contribution in [1.82, 2.24) is 30.4 Å². The molecule has 0 radical (unpaired) electrons. The molecular formula is C11H9N7O2S2. The van der Waals surface area contributed by atoms with Gasteiger partial charge in [-0.15, -0.1) is 15.3 Å². The second-order valence-electron chi connectivity index (χ2n) is 4.23. The number of hydrogen-bond donors (Lipinski definition) is 1. The Bertz CT molecular complexity index is 818. The molecule has 0 atom stereocenters. The second kappa shape index (κ2) is 5.42. The van der Waals surface area contributed by atoms with Gasteiger partial charge in [0.1, 0.15) is 5.01 Å². The van der Waals surface area contributed by atoms with Gasteiger partial charge < -0.3 is 15.2 Å². The van der Waals surface area contributed by atoms with E-state index in [9.17, 15) is 0 Å². The van der Waals surface area contributed by atoms with Crippen LogP contribution >= 0.6 is 23.1 Å². The number of hydrogen-bond acceptors (Lipinski definition) is 10. The number of nitrogen functional groups attached to an aromatic ring is 1. The third-order valence-electron chi connectivity index (χ3n) is 2.85. The molecule has 3 aromatic rings. The molecule has 22 heavy (non-hydrogen) atoms. The Morgan fingerprint density at radius 2 is 2.14 bits per heavy atom. The van der Waals surface area contributed by atoms with E-state index in [1.165, 1.54) is 23.1 Å². The maximum atomic E-state index is 5.56. The van der Waals surface area contributed by atoms with Crippen LogP contribution in [0.1, 0.15) is 5.01 Å². The van der Waals surface area contributed by atoms with Crippen molar-refractivity contribution in [2.24, 2.45) is 0 Å². The van der Waals surface area contributed by atoms with Gasteiger partial charge in [-0.25, -0.2) is 0 Å². The minimum atomic E-state index is 0.231. The lowest BCUT2D eigenvalue weighted by Crippen LogP contribution is -1.99. The van der Waals surface area contributed by atoms with Crippen LogP contribution in [0.4, 0.5) is 5.13 Å². The van der Waals surface area contributed by atoms with Crippen molar-refractivity contribution in [3.63, 3.8) is 0 Å². The van der Waals surface area contributed by atoms with Gasteiger partial charge in [0.15, 0.2) is 11.5 Å². The summed E-state index contributed by atoms with van der Waals surface area (Å²) < 4.78 is 12.3. The predicted molar refractivity (Wildman–Crippen MR) is 79.2 cm³/mol. The van der Waals surface area contributed by atoms with Crippen LogP contribution in [0.25, 0.3) is 5.69 Å². The van der Waals surface area contributed by atoms with Crippen LogP contribution in [0.5, 0.6) is 11.5 Å². The minimum Gasteiger partial charge on any atom is -0.454 e. The third kappa shape index (κ3) is 2.44. The van der Waals surface area contributed by atoms with Crippen LogP contribution in [-0.4, -0.2) is 37.2 Å². The summed E-state index contributed by atoms with van der Waals surface area (Å²) in [6.45, 7) is 0.231. The monoisotopic (exact) mass is 335 g/mol. The number of aromatic nitrogens is 6. The molecule has 0 aliphatic carbocycles. The Kier molecular flexibility index (Phi) is 3.27. The maximum absolute atomic E-state index is 5.56. The zero-order valence-corrected chi connectivity index (χ0v) is 12.7. The molecular weight excluding hydrogens is 326 g/mol. The number of nitrogens with zero attached hydrogens (tertiary/aromatic N) is 6. The molecule has 11 heteroatoms. The van der Waals surface area contributed by atoms with E-state index in [2.05, 4.69) is 25.7 Å². The number of benzene rings is 1. The highest BCUT2D eigenvalue weighted by Crippen LogP contribution is 2.34. The van der Waals surface area contributed by atoms with Crippen LogP contribution in [0.3, 0.4) is 0 Å². The first-order chi connectivity index (χ1) is 10.8. The van der Waals surface area contributed by atoms with E-state index in [4.69, 9.17) is 15.2 Å². The Hall–Kier alpha value is -2.40. The number of thioether (sulfide) groups is 1. The topological polar surface area (TPSA) is 114 Å². The summed E-state index contributed by atoms with van der Waals surface area (Å²) in [4.78, 5) is 0. The first-order valence-electron chi connectivity index (χ1n) is 6.18. The van der Waals surface area contributed by atoms with Gasteiger partial charge in [0.05, 0.1) is 11.4 Å². The molecule has 0 saturated heterocycles. The van der Waals surface area contributed by atoms with Crippen molar-refractivity contribution in [1.29, 1.82) is 0 Å². The smallest absolute Gasteiger partial charge is 0.231 e. The van der Waals surface area contributed by atoms with E-state index in [0.29, 0.717) is 21.8 Å². The second-order valence-corrected chi connectivity index (χ2v) is 6.27. The van der Waals surface area contributed by atoms with Crippen LogP contribution < -0.4 is 15.2 Å². The van der Waals surface area contributed by atoms with Crippen molar-refractivity contribution in [3.05, 3.63) is 23.2 Å². The predicted octanol–water partition coefficient (Wildman–Crippen LogP) is 1.12. The molecule has 2 aromatic heterocycles. The summed E-state index contributed by atoms with van der Waals surface area (Å²) in [7, 11) is 0. The Balaban J connectivity index is 1.57. The zero-order chi connectivity index (χ0) is 14.9. The molecule has 0 fully saturated rings. The molecule has 0 unspecified atom stereocenters. The first kappa shape index (κ1) is 13.3.